The number of rotatable bonds is 4. The molecule has 1 fully saturated rings. The van der Waals surface area contributed by atoms with Gasteiger partial charge in [0, 0.05) is 41.4 Å². The fraction of sp³-hybridized carbons (Fsp3) is 0.412. The first-order chi connectivity index (χ1) is 11.3. The SMILES string of the molecule is O=C(Nc1cccc(-c2nccs2)c1)N[C@H]1CCCC[C@@H]1CO. The molecule has 0 bridgehead atoms. The van der Waals surface area contributed by atoms with Crippen LogP contribution in [0, 0.1) is 5.92 Å². The second-order valence-electron chi connectivity index (χ2n) is 5.85. The quantitative estimate of drug-likeness (QED) is 0.803. The number of benzene rings is 1. The molecular weight excluding hydrogens is 310 g/mol. The van der Waals surface area contributed by atoms with E-state index in [4.69, 9.17) is 0 Å². The molecule has 1 saturated carbocycles. The number of urea groups is 1. The smallest absolute Gasteiger partial charge is 0.319 e. The van der Waals surface area contributed by atoms with E-state index in [0.29, 0.717) is 0 Å². The van der Waals surface area contributed by atoms with Gasteiger partial charge in [-0.15, -0.1) is 11.3 Å². The summed E-state index contributed by atoms with van der Waals surface area (Å²) in [5.74, 6) is 0.163. The standard InChI is InChI=1S/C17H21N3O2S/c21-11-13-4-1-2-7-15(13)20-17(22)19-14-6-3-5-12(10-14)16-18-8-9-23-16/h3,5-6,8-10,13,15,21H,1-2,4,7,11H2,(H2,19,20,22)/t13-,15+/m1/s1. The largest absolute Gasteiger partial charge is 0.396 e. The van der Waals surface area contributed by atoms with Crippen LogP contribution >= 0.6 is 11.3 Å². The van der Waals surface area contributed by atoms with Crippen LogP contribution in [-0.2, 0) is 0 Å². The zero-order chi connectivity index (χ0) is 16.1. The summed E-state index contributed by atoms with van der Waals surface area (Å²) in [7, 11) is 0. The predicted octanol–water partition coefficient (Wildman–Crippen LogP) is 3.48. The molecule has 5 nitrogen and oxygen atoms in total. The molecule has 2 aromatic rings. The second-order valence-corrected chi connectivity index (χ2v) is 6.74. The Morgan fingerprint density at radius 2 is 2.22 bits per heavy atom. The molecule has 0 radical (unpaired) electrons. The number of aromatic nitrogens is 1. The number of carbonyl (C=O) groups excluding carboxylic acids is 1. The van der Waals surface area contributed by atoms with Gasteiger partial charge < -0.3 is 15.7 Å². The minimum atomic E-state index is -0.216. The van der Waals surface area contributed by atoms with Gasteiger partial charge in [-0.3, -0.25) is 0 Å². The third-order valence-corrected chi connectivity index (χ3v) is 5.08. The van der Waals surface area contributed by atoms with Crippen molar-refractivity contribution in [3.05, 3.63) is 35.8 Å². The van der Waals surface area contributed by atoms with Crippen molar-refractivity contribution in [3.63, 3.8) is 0 Å². The van der Waals surface area contributed by atoms with E-state index >= 15 is 0 Å². The number of anilines is 1. The number of amides is 2. The van der Waals surface area contributed by atoms with Gasteiger partial charge >= 0.3 is 6.03 Å². The highest BCUT2D eigenvalue weighted by Gasteiger charge is 2.25. The average molecular weight is 331 g/mol. The number of nitrogens with zero attached hydrogens (tertiary/aromatic N) is 1. The van der Waals surface area contributed by atoms with E-state index < -0.39 is 0 Å². The highest BCUT2D eigenvalue weighted by atomic mass is 32.1. The van der Waals surface area contributed by atoms with E-state index in [1.807, 2.05) is 29.6 Å². The Morgan fingerprint density at radius 3 is 3.00 bits per heavy atom. The van der Waals surface area contributed by atoms with Crippen molar-refractivity contribution in [2.24, 2.45) is 5.92 Å². The van der Waals surface area contributed by atoms with Crippen molar-refractivity contribution in [1.82, 2.24) is 10.3 Å². The van der Waals surface area contributed by atoms with Crippen LogP contribution in [0.1, 0.15) is 25.7 Å². The van der Waals surface area contributed by atoms with Gasteiger partial charge in [0.05, 0.1) is 0 Å². The normalized spacial score (nSPS) is 20.9. The number of aliphatic hydroxyl groups is 1. The lowest BCUT2D eigenvalue weighted by Crippen LogP contribution is -2.45. The summed E-state index contributed by atoms with van der Waals surface area (Å²) >= 11 is 1.57. The first kappa shape index (κ1) is 16.0. The lowest BCUT2D eigenvalue weighted by atomic mass is 9.85. The van der Waals surface area contributed by atoms with Crippen molar-refractivity contribution in [2.45, 2.75) is 31.7 Å². The minimum Gasteiger partial charge on any atom is -0.396 e. The Bertz CT molecular complexity index is 645. The number of hydrogen-bond acceptors (Lipinski definition) is 4. The summed E-state index contributed by atoms with van der Waals surface area (Å²) in [6.45, 7) is 0.129. The summed E-state index contributed by atoms with van der Waals surface area (Å²) in [5.41, 5.74) is 1.73. The lowest BCUT2D eigenvalue weighted by molar-refractivity contribution is 0.156. The van der Waals surface area contributed by atoms with Gasteiger partial charge in [-0.25, -0.2) is 9.78 Å². The van der Waals surface area contributed by atoms with E-state index in [-0.39, 0.29) is 24.6 Å². The van der Waals surface area contributed by atoms with Gasteiger partial charge in [-0.2, -0.15) is 0 Å². The molecule has 1 aliphatic rings. The van der Waals surface area contributed by atoms with E-state index in [1.54, 1.807) is 17.5 Å². The molecule has 3 N–H and O–H groups in total. The zero-order valence-electron chi connectivity index (χ0n) is 12.9. The Kier molecular flexibility index (Phi) is 5.25. The summed E-state index contributed by atoms with van der Waals surface area (Å²) < 4.78 is 0. The molecule has 1 aromatic heterocycles. The third-order valence-electron chi connectivity index (χ3n) is 4.26. The average Bonchev–Trinajstić information content (AvgIpc) is 3.10. The molecule has 122 valence electrons. The third kappa shape index (κ3) is 4.09. The highest BCUT2D eigenvalue weighted by Crippen LogP contribution is 2.25. The van der Waals surface area contributed by atoms with Crippen LogP contribution in [0.15, 0.2) is 35.8 Å². The van der Waals surface area contributed by atoms with Gasteiger partial charge in [0.1, 0.15) is 5.01 Å². The molecule has 0 unspecified atom stereocenters. The summed E-state index contributed by atoms with van der Waals surface area (Å²) in [6, 6.07) is 7.50. The van der Waals surface area contributed by atoms with Crippen LogP contribution in [-0.4, -0.2) is 28.8 Å². The van der Waals surface area contributed by atoms with Crippen LogP contribution in [0.4, 0.5) is 10.5 Å². The summed E-state index contributed by atoms with van der Waals surface area (Å²) in [4.78, 5) is 16.5. The fourth-order valence-corrected chi connectivity index (χ4v) is 3.68. The van der Waals surface area contributed by atoms with Crippen molar-refractivity contribution in [3.8, 4) is 10.6 Å². The van der Waals surface area contributed by atoms with Crippen LogP contribution in [0.5, 0.6) is 0 Å². The maximum Gasteiger partial charge on any atom is 0.319 e. The van der Waals surface area contributed by atoms with Crippen molar-refractivity contribution in [1.29, 1.82) is 0 Å². The topological polar surface area (TPSA) is 74.2 Å². The molecule has 0 saturated heterocycles. The molecule has 3 rings (SSSR count). The monoisotopic (exact) mass is 331 g/mol. The van der Waals surface area contributed by atoms with Gasteiger partial charge in [0.2, 0.25) is 0 Å². The highest BCUT2D eigenvalue weighted by molar-refractivity contribution is 7.13. The summed E-state index contributed by atoms with van der Waals surface area (Å²) in [6.07, 6.45) is 5.89. The Labute approximate surface area is 139 Å². The minimum absolute atomic E-state index is 0.0518. The van der Waals surface area contributed by atoms with Gasteiger partial charge in [-0.1, -0.05) is 25.0 Å². The molecule has 2 atom stereocenters. The molecule has 2 amide bonds. The lowest BCUT2D eigenvalue weighted by Gasteiger charge is -2.30. The van der Waals surface area contributed by atoms with Gasteiger partial charge in [0.25, 0.3) is 0 Å². The van der Waals surface area contributed by atoms with Gasteiger partial charge in [0.15, 0.2) is 0 Å². The van der Waals surface area contributed by atoms with Crippen molar-refractivity contribution < 1.29 is 9.90 Å². The second kappa shape index (κ2) is 7.57. The molecule has 6 heteroatoms. The van der Waals surface area contributed by atoms with E-state index in [9.17, 15) is 9.90 Å². The van der Waals surface area contributed by atoms with Crippen LogP contribution < -0.4 is 10.6 Å². The Morgan fingerprint density at radius 1 is 1.35 bits per heavy atom. The zero-order valence-corrected chi connectivity index (χ0v) is 13.7. The number of carbonyl (C=O) groups is 1. The predicted molar refractivity (Wildman–Crippen MR) is 92.5 cm³/mol. The van der Waals surface area contributed by atoms with Crippen LogP contribution in [0.25, 0.3) is 10.6 Å². The van der Waals surface area contributed by atoms with Crippen molar-refractivity contribution in [2.75, 3.05) is 11.9 Å². The number of thiazole rings is 1. The molecule has 23 heavy (non-hydrogen) atoms. The maximum absolute atomic E-state index is 12.2. The van der Waals surface area contributed by atoms with Crippen LogP contribution in [0.2, 0.25) is 0 Å². The van der Waals surface area contributed by atoms with Gasteiger partial charge in [-0.05, 0) is 25.0 Å². The molecular formula is C17H21N3O2S. The first-order valence-corrected chi connectivity index (χ1v) is 8.82. The Hall–Kier alpha value is -1.92. The maximum atomic E-state index is 12.2. The fourth-order valence-electron chi connectivity index (χ4n) is 3.05. The molecule has 1 aliphatic carbocycles. The molecule has 1 heterocycles. The first-order valence-electron chi connectivity index (χ1n) is 7.94. The number of hydrogen-bond donors (Lipinski definition) is 3. The van der Waals surface area contributed by atoms with E-state index in [2.05, 4.69) is 15.6 Å². The molecule has 0 aliphatic heterocycles. The molecule has 1 aromatic carbocycles. The summed E-state index contributed by atoms with van der Waals surface area (Å²) in [5, 5.41) is 18.2. The number of nitrogens with one attached hydrogen (secondary N) is 2. The van der Waals surface area contributed by atoms with E-state index in [0.717, 1.165) is 41.9 Å². The van der Waals surface area contributed by atoms with Crippen molar-refractivity contribution >= 4 is 23.1 Å². The Balaban J connectivity index is 1.62. The van der Waals surface area contributed by atoms with Crippen LogP contribution in [0.3, 0.4) is 0 Å². The number of aliphatic hydroxyl groups excluding tert-OH is 1. The van der Waals surface area contributed by atoms with E-state index in [1.165, 1.54) is 0 Å². The molecule has 0 spiro atoms.